The molecular formula is C15H22N2O3. The first-order valence-corrected chi connectivity index (χ1v) is 6.99. The lowest BCUT2D eigenvalue weighted by Crippen LogP contribution is -2.38. The minimum Gasteiger partial charge on any atom is -0.493 e. The summed E-state index contributed by atoms with van der Waals surface area (Å²) >= 11 is 0. The fourth-order valence-electron chi connectivity index (χ4n) is 2.00. The number of nitrogens with two attached hydrogens (primary N) is 1. The molecule has 0 spiro atoms. The van der Waals surface area contributed by atoms with Crippen LogP contribution in [0.4, 0.5) is 0 Å². The Bertz CT molecular complexity index is 446. The van der Waals surface area contributed by atoms with Crippen LogP contribution in [0.3, 0.4) is 0 Å². The van der Waals surface area contributed by atoms with E-state index in [0.29, 0.717) is 37.0 Å². The molecule has 5 heteroatoms. The van der Waals surface area contributed by atoms with E-state index in [-0.39, 0.29) is 11.9 Å². The molecule has 0 radical (unpaired) electrons. The highest BCUT2D eigenvalue weighted by Gasteiger charge is 2.28. The zero-order chi connectivity index (χ0) is 14.4. The van der Waals surface area contributed by atoms with Crippen molar-refractivity contribution < 1.29 is 14.3 Å². The zero-order valence-electron chi connectivity index (χ0n) is 11.8. The summed E-state index contributed by atoms with van der Waals surface area (Å²) in [4.78, 5) is 11.7. The summed E-state index contributed by atoms with van der Waals surface area (Å²) in [7, 11) is 1.59. The van der Waals surface area contributed by atoms with Gasteiger partial charge in [-0.3, -0.25) is 4.79 Å². The molecule has 1 unspecified atom stereocenters. The normalized spacial score (nSPS) is 15.5. The average Bonchev–Trinajstić information content (AvgIpc) is 3.30. The summed E-state index contributed by atoms with van der Waals surface area (Å²) in [5.74, 6) is 1.89. The van der Waals surface area contributed by atoms with Crippen LogP contribution in [0.25, 0.3) is 0 Å². The highest BCUT2D eigenvalue weighted by Crippen LogP contribution is 2.31. The topological polar surface area (TPSA) is 73.6 Å². The van der Waals surface area contributed by atoms with E-state index < -0.39 is 0 Å². The summed E-state index contributed by atoms with van der Waals surface area (Å²) in [6.45, 7) is 0.878. The molecule has 1 saturated carbocycles. The average molecular weight is 278 g/mol. The number of para-hydroxylation sites is 2. The second kappa shape index (κ2) is 7.14. The Hall–Kier alpha value is -1.75. The molecule has 3 N–H and O–H groups in total. The van der Waals surface area contributed by atoms with E-state index in [1.54, 1.807) is 7.11 Å². The van der Waals surface area contributed by atoms with Crippen molar-refractivity contribution >= 4 is 5.91 Å². The Balaban J connectivity index is 1.65. The predicted molar refractivity (Wildman–Crippen MR) is 76.8 cm³/mol. The Morgan fingerprint density at radius 2 is 2.10 bits per heavy atom. The molecule has 1 aromatic carbocycles. The van der Waals surface area contributed by atoms with Crippen LogP contribution >= 0.6 is 0 Å². The minimum atomic E-state index is -0.0315. The molecule has 2 rings (SSSR count). The van der Waals surface area contributed by atoms with Gasteiger partial charge in [-0.25, -0.2) is 0 Å². The van der Waals surface area contributed by atoms with E-state index in [1.807, 2.05) is 24.3 Å². The summed E-state index contributed by atoms with van der Waals surface area (Å²) in [6, 6.07) is 7.47. The Labute approximate surface area is 119 Å². The summed E-state index contributed by atoms with van der Waals surface area (Å²) < 4.78 is 10.7. The molecule has 0 saturated heterocycles. The lowest BCUT2D eigenvalue weighted by atomic mass is 10.2. The van der Waals surface area contributed by atoms with Gasteiger partial charge >= 0.3 is 0 Å². The van der Waals surface area contributed by atoms with Gasteiger partial charge in [0.25, 0.3) is 0 Å². The molecule has 0 heterocycles. The summed E-state index contributed by atoms with van der Waals surface area (Å²) in [5, 5.41) is 2.84. The van der Waals surface area contributed by atoms with Gasteiger partial charge in [0.1, 0.15) is 0 Å². The number of hydrogen-bond acceptors (Lipinski definition) is 4. The first kappa shape index (κ1) is 14.7. The van der Waals surface area contributed by atoms with Gasteiger partial charge in [-0.1, -0.05) is 12.1 Å². The Morgan fingerprint density at radius 1 is 1.40 bits per heavy atom. The second-order valence-electron chi connectivity index (χ2n) is 5.05. The lowest BCUT2D eigenvalue weighted by molar-refractivity contribution is -0.121. The van der Waals surface area contributed by atoms with Gasteiger partial charge in [-0.2, -0.15) is 0 Å². The van der Waals surface area contributed by atoms with Crippen LogP contribution in [0.5, 0.6) is 11.5 Å². The zero-order valence-corrected chi connectivity index (χ0v) is 11.8. The molecule has 1 aliphatic carbocycles. The van der Waals surface area contributed by atoms with E-state index in [4.69, 9.17) is 15.2 Å². The fourth-order valence-corrected chi connectivity index (χ4v) is 2.00. The molecule has 1 fully saturated rings. The Kier molecular flexibility index (Phi) is 5.24. The van der Waals surface area contributed by atoms with Crippen molar-refractivity contribution in [3.63, 3.8) is 0 Å². The number of amides is 1. The quantitative estimate of drug-likeness (QED) is 0.752. The number of methoxy groups -OCH3 is 1. The molecule has 1 aromatic rings. The molecule has 0 aromatic heterocycles. The van der Waals surface area contributed by atoms with E-state index in [2.05, 4.69) is 5.32 Å². The van der Waals surface area contributed by atoms with Crippen molar-refractivity contribution in [3.05, 3.63) is 24.3 Å². The van der Waals surface area contributed by atoms with Gasteiger partial charge < -0.3 is 20.5 Å². The molecule has 1 amide bonds. The maximum atomic E-state index is 11.7. The van der Waals surface area contributed by atoms with Crippen LogP contribution in [-0.2, 0) is 4.79 Å². The van der Waals surface area contributed by atoms with E-state index in [1.165, 1.54) is 12.8 Å². The highest BCUT2D eigenvalue weighted by molar-refractivity contribution is 5.76. The smallest absolute Gasteiger partial charge is 0.223 e. The maximum Gasteiger partial charge on any atom is 0.223 e. The third kappa shape index (κ3) is 4.42. The van der Waals surface area contributed by atoms with Crippen molar-refractivity contribution in [2.75, 3.05) is 20.3 Å². The highest BCUT2D eigenvalue weighted by atomic mass is 16.5. The standard InChI is InChI=1S/C15H22N2O3/c1-19-13-4-2-3-5-14(13)20-9-8-15(18)17-10-12(16)11-6-7-11/h2-5,11-12H,6-10,16H2,1H3,(H,17,18). The molecule has 1 aliphatic rings. The molecule has 1 atom stereocenters. The van der Waals surface area contributed by atoms with Crippen molar-refractivity contribution in [1.29, 1.82) is 0 Å². The van der Waals surface area contributed by atoms with Gasteiger partial charge in [0.05, 0.1) is 20.1 Å². The molecular weight excluding hydrogens is 256 g/mol. The third-order valence-corrected chi connectivity index (χ3v) is 3.42. The molecule has 110 valence electrons. The first-order chi connectivity index (χ1) is 9.70. The van der Waals surface area contributed by atoms with Gasteiger partial charge in [-0.05, 0) is 30.9 Å². The van der Waals surface area contributed by atoms with Crippen molar-refractivity contribution in [3.8, 4) is 11.5 Å². The lowest BCUT2D eigenvalue weighted by Gasteiger charge is -2.12. The maximum absolute atomic E-state index is 11.7. The number of carbonyl (C=O) groups excluding carboxylic acids is 1. The van der Waals surface area contributed by atoms with E-state index in [0.717, 1.165) is 0 Å². The first-order valence-electron chi connectivity index (χ1n) is 6.99. The number of ether oxygens (including phenoxy) is 2. The van der Waals surface area contributed by atoms with E-state index in [9.17, 15) is 4.79 Å². The van der Waals surface area contributed by atoms with Crippen LogP contribution in [0.15, 0.2) is 24.3 Å². The van der Waals surface area contributed by atoms with Crippen LogP contribution in [-0.4, -0.2) is 32.2 Å². The molecule has 0 aliphatic heterocycles. The van der Waals surface area contributed by atoms with E-state index >= 15 is 0 Å². The number of rotatable bonds is 8. The monoisotopic (exact) mass is 278 g/mol. The van der Waals surface area contributed by atoms with Crippen molar-refractivity contribution in [1.82, 2.24) is 5.32 Å². The minimum absolute atomic E-state index is 0.0315. The molecule has 20 heavy (non-hydrogen) atoms. The summed E-state index contributed by atoms with van der Waals surface area (Å²) in [5.41, 5.74) is 5.92. The third-order valence-electron chi connectivity index (χ3n) is 3.42. The number of benzene rings is 1. The predicted octanol–water partition coefficient (Wildman–Crippen LogP) is 1.32. The van der Waals surface area contributed by atoms with Gasteiger partial charge in [0.15, 0.2) is 11.5 Å². The van der Waals surface area contributed by atoms with Gasteiger partial charge in [0.2, 0.25) is 5.91 Å². The van der Waals surface area contributed by atoms with Crippen molar-refractivity contribution in [2.24, 2.45) is 11.7 Å². The largest absolute Gasteiger partial charge is 0.493 e. The summed E-state index contributed by atoms with van der Waals surface area (Å²) in [6.07, 6.45) is 2.69. The van der Waals surface area contributed by atoms with Crippen LogP contribution in [0.2, 0.25) is 0 Å². The van der Waals surface area contributed by atoms with Gasteiger partial charge in [0, 0.05) is 12.6 Å². The number of carbonyl (C=O) groups is 1. The molecule has 0 bridgehead atoms. The van der Waals surface area contributed by atoms with Crippen LogP contribution < -0.4 is 20.5 Å². The second-order valence-corrected chi connectivity index (χ2v) is 5.05. The Morgan fingerprint density at radius 3 is 2.75 bits per heavy atom. The number of nitrogens with one attached hydrogen (secondary N) is 1. The van der Waals surface area contributed by atoms with Gasteiger partial charge in [-0.15, -0.1) is 0 Å². The van der Waals surface area contributed by atoms with Crippen LogP contribution in [0.1, 0.15) is 19.3 Å². The van der Waals surface area contributed by atoms with Crippen molar-refractivity contribution in [2.45, 2.75) is 25.3 Å². The SMILES string of the molecule is COc1ccccc1OCCC(=O)NCC(N)C1CC1. The fraction of sp³-hybridized carbons (Fsp3) is 0.533. The number of hydrogen-bond donors (Lipinski definition) is 2. The van der Waals surface area contributed by atoms with Crippen LogP contribution in [0, 0.1) is 5.92 Å². The molecule has 5 nitrogen and oxygen atoms in total.